The summed E-state index contributed by atoms with van der Waals surface area (Å²) in [5.74, 6) is -2.60. The van der Waals surface area contributed by atoms with E-state index in [4.69, 9.17) is 0 Å². The first-order valence-electron chi connectivity index (χ1n) is 4.42. The average molecular weight is 288 g/mol. The number of nitro groups is 1. The Balaban J connectivity index is 3.50. The number of pyridine rings is 1. The van der Waals surface area contributed by atoms with Crippen molar-refractivity contribution in [3.63, 3.8) is 0 Å². The van der Waals surface area contributed by atoms with Crippen molar-refractivity contribution in [1.82, 2.24) is 4.98 Å². The topological polar surface area (TPSA) is 74.5 Å². The monoisotopic (exact) mass is 288 g/mol. The number of nitrogens with zero attached hydrogens (tertiary/aromatic N) is 2. The molecule has 0 saturated carbocycles. The van der Waals surface area contributed by atoms with Gasteiger partial charge in [0.05, 0.1) is 12.0 Å². The Hall–Kier alpha value is -2.20. The van der Waals surface area contributed by atoms with Gasteiger partial charge >= 0.3 is 12.0 Å². The molecule has 0 aliphatic rings. The predicted octanol–water partition coefficient (Wildman–Crippen LogP) is 2.83. The van der Waals surface area contributed by atoms with Crippen LogP contribution in [0.1, 0.15) is 12.1 Å². The summed E-state index contributed by atoms with van der Waals surface area (Å²) in [6, 6.07) is 0. The first kappa shape index (κ1) is 14.9. The molecule has 0 amide bonds. The molecule has 19 heavy (non-hydrogen) atoms. The number of hydrogen-bond acceptors (Lipinski definition) is 5. The Bertz CT molecular complexity index is 491. The summed E-state index contributed by atoms with van der Waals surface area (Å²) in [6.45, 7) is 0. The van der Waals surface area contributed by atoms with E-state index in [2.05, 4.69) is 14.5 Å². The van der Waals surface area contributed by atoms with Gasteiger partial charge in [-0.1, -0.05) is 0 Å². The summed E-state index contributed by atoms with van der Waals surface area (Å²) in [5, 5.41) is 10.5. The standard InChI is InChI=1S/C8H5F5N2O4/c1-18-5-3(15(16)17)2-14-4(7(9)10)6(5)19-8(11,12)13/h2,7H,1H3. The predicted molar refractivity (Wildman–Crippen MR) is 49.1 cm³/mol. The quantitative estimate of drug-likeness (QED) is 0.484. The van der Waals surface area contributed by atoms with E-state index in [1.165, 1.54) is 0 Å². The molecule has 1 aromatic rings. The Morgan fingerprint density at radius 3 is 2.32 bits per heavy atom. The van der Waals surface area contributed by atoms with Crippen LogP contribution in [0.15, 0.2) is 6.20 Å². The van der Waals surface area contributed by atoms with Gasteiger partial charge in [0.15, 0.2) is 5.69 Å². The largest absolute Gasteiger partial charge is 0.573 e. The minimum absolute atomic E-state index is 0.365. The van der Waals surface area contributed by atoms with Crippen LogP contribution in [0.25, 0.3) is 0 Å². The molecule has 106 valence electrons. The lowest BCUT2D eigenvalue weighted by Crippen LogP contribution is -2.19. The van der Waals surface area contributed by atoms with Gasteiger partial charge in [-0.2, -0.15) is 0 Å². The summed E-state index contributed by atoms with van der Waals surface area (Å²) in [4.78, 5) is 12.3. The lowest BCUT2D eigenvalue weighted by Gasteiger charge is -2.15. The highest BCUT2D eigenvalue weighted by Gasteiger charge is 2.38. The van der Waals surface area contributed by atoms with E-state index in [1.807, 2.05) is 0 Å². The molecular formula is C8H5F5N2O4. The molecule has 1 heterocycles. The fourth-order valence-corrected chi connectivity index (χ4v) is 1.18. The third kappa shape index (κ3) is 3.39. The Kier molecular flexibility index (Phi) is 4.07. The molecule has 6 nitrogen and oxygen atoms in total. The lowest BCUT2D eigenvalue weighted by atomic mass is 10.2. The van der Waals surface area contributed by atoms with Crippen molar-refractivity contribution in [2.75, 3.05) is 7.11 Å². The fraction of sp³-hybridized carbons (Fsp3) is 0.375. The van der Waals surface area contributed by atoms with Crippen molar-refractivity contribution < 1.29 is 36.3 Å². The Morgan fingerprint density at radius 1 is 1.37 bits per heavy atom. The van der Waals surface area contributed by atoms with E-state index in [1.54, 1.807) is 0 Å². The summed E-state index contributed by atoms with van der Waals surface area (Å²) in [7, 11) is 0.779. The third-order valence-corrected chi connectivity index (χ3v) is 1.82. The molecule has 0 aliphatic heterocycles. The van der Waals surface area contributed by atoms with E-state index in [0.717, 1.165) is 7.11 Å². The van der Waals surface area contributed by atoms with E-state index < -0.39 is 40.6 Å². The van der Waals surface area contributed by atoms with Gasteiger partial charge in [0.2, 0.25) is 11.5 Å². The molecular weight excluding hydrogens is 283 g/mol. The molecule has 0 unspecified atom stereocenters. The summed E-state index contributed by atoms with van der Waals surface area (Å²) in [5.41, 5.74) is -2.43. The van der Waals surface area contributed by atoms with Crippen LogP contribution in [-0.4, -0.2) is 23.4 Å². The zero-order valence-corrected chi connectivity index (χ0v) is 9.07. The third-order valence-electron chi connectivity index (χ3n) is 1.82. The summed E-state index contributed by atoms with van der Waals surface area (Å²) >= 11 is 0. The highest BCUT2D eigenvalue weighted by Crippen LogP contribution is 2.43. The minimum atomic E-state index is -5.33. The van der Waals surface area contributed by atoms with E-state index in [9.17, 15) is 32.1 Å². The molecule has 11 heteroatoms. The van der Waals surface area contributed by atoms with Crippen LogP contribution in [-0.2, 0) is 0 Å². The first-order valence-corrected chi connectivity index (χ1v) is 4.42. The second-order valence-corrected chi connectivity index (χ2v) is 3.00. The molecule has 0 radical (unpaired) electrons. The van der Waals surface area contributed by atoms with Crippen molar-refractivity contribution in [2.45, 2.75) is 12.8 Å². The molecule has 0 spiro atoms. The molecule has 1 rings (SSSR count). The maximum absolute atomic E-state index is 12.5. The van der Waals surface area contributed by atoms with Gasteiger partial charge in [-0.15, -0.1) is 13.2 Å². The number of alkyl halides is 5. The van der Waals surface area contributed by atoms with Crippen molar-refractivity contribution in [1.29, 1.82) is 0 Å². The van der Waals surface area contributed by atoms with E-state index in [-0.39, 0.29) is 0 Å². The highest BCUT2D eigenvalue weighted by molar-refractivity contribution is 5.56. The number of ether oxygens (including phenoxy) is 2. The SMILES string of the molecule is COc1c([N+](=O)[O-])cnc(C(F)F)c1OC(F)(F)F. The fourth-order valence-electron chi connectivity index (χ4n) is 1.18. The lowest BCUT2D eigenvalue weighted by molar-refractivity contribution is -0.386. The second kappa shape index (κ2) is 5.20. The molecule has 0 aliphatic carbocycles. The number of hydrogen-bond donors (Lipinski definition) is 0. The van der Waals surface area contributed by atoms with Gasteiger partial charge < -0.3 is 9.47 Å². The summed E-state index contributed by atoms with van der Waals surface area (Å²) < 4.78 is 69.0. The van der Waals surface area contributed by atoms with Crippen molar-refractivity contribution in [3.8, 4) is 11.5 Å². The number of rotatable bonds is 4. The van der Waals surface area contributed by atoms with Gasteiger partial charge in [0, 0.05) is 0 Å². The van der Waals surface area contributed by atoms with Gasteiger partial charge in [-0.25, -0.2) is 13.8 Å². The van der Waals surface area contributed by atoms with E-state index >= 15 is 0 Å². The van der Waals surface area contributed by atoms with Crippen molar-refractivity contribution >= 4 is 5.69 Å². The van der Waals surface area contributed by atoms with Crippen LogP contribution in [0.2, 0.25) is 0 Å². The minimum Gasteiger partial charge on any atom is -0.487 e. The van der Waals surface area contributed by atoms with Crippen LogP contribution in [0.4, 0.5) is 27.6 Å². The zero-order chi connectivity index (χ0) is 14.8. The second-order valence-electron chi connectivity index (χ2n) is 3.00. The number of halogens is 5. The van der Waals surface area contributed by atoms with E-state index in [0.29, 0.717) is 6.20 Å². The highest BCUT2D eigenvalue weighted by atomic mass is 19.4. The number of aromatic nitrogens is 1. The van der Waals surface area contributed by atoms with Crippen LogP contribution in [0.3, 0.4) is 0 Å². The van der Waals surface area contributed by atoms with Gasteiger partial charge in [-0.3, -0.25) is 10.1 Å². The van der Waals surface area contributed by atoms with Crippen LogP contribution >= 0.6 is 0 Å². The van der Waals surface area contributed by atoms with Crippen LogP contribution in [0.5, 0.6) is 11.5 Å². The maximum Gasteiger partial charge on any atom is 0.573 e. The van der Waals surface area contributed by atoms with Gasteiger partial charge in [0.25, 0.3) is 6.43 Å². The molecule has 0 atom stereocenters. The molecule has 0 aromatic carbocycles. The smallest absolute Gasteiger partial charge is 0.487 e. The Morgan fingerprint density at radius 2 is 1.95 bits per heavy atom. The van der Waals surface area contributed by atoms with Crippen molar-refractivity contribution in [2.24, 2.45) is 0 Å². The number of methoxy groups -OCH3 is 1. The Labute approximate surface area is 101 Å². The van der Waals surface area contributed by atoms with Gasteiger partial charge in [-0.05, 0) is 0 Å². The summed E-state index contributed by atoms with van der Waals surface area (Å²) in [6.07, 6.45) is -8.38. The molecule has 0 bridgehead atoms. The van der Waals surface area contributed by atoms with Crippen LogP contribution in [0, 0.1) is 10.1 Å². The molecule has 0 N–H and O–H groups in total. The maximum atomic E-state index is 12.5. The normalized spacial score (nSPS) is 11.5. The van der Waals surface area contributed by atoms with Crippen molar-refractivity contribution in [3.05, 3.63) is 22.0 Å². The molecule has 1 aromatic heterocycles. The van der Waals surface area contributed by atoms with Gasteiger partial charge in [0.1, 0.15) is 6.20 Å². The van der Waals surface area contributed by atoms with Crippen LogP contribution < -0.4 is 9.47 Å². The molecule has 0 fully saturated rings. The molecule has 0 saturated heterocycles. The zero-order valence-electron chi connectivity index (χ0n) is 9.07. The first-order chi connectivity index (χ1) is 8.67. The average Bonchev–Trinajstić information content (AvgIpc) is 2.25.